The number of fused-ring (bicyclic) bond motifs is 1. The Balaban J connectivity index is 2.00. The fourth-order valence-corrected chi connectivity index (χ4v) is 2.68. The number of pyridine rings is 2. The number of para-hydroxylation sites is 1. The van der Waals surface area contributed by atoms with Crippen molar-refractivity contribution in [3.63, 3.8) is 0 Å². The smallest absolute Gasteiger partial charge is 0.275 e. The summed E-state index contributed by atoms with van der Waals surface area (Å²) in [5, 5.41) is 4.58. The lowest BCUT2D eigenvalue weighted by atomic mass is 10.2. The highest BCUT2D eigenvalue weighted by atomic mass is 35.5. The molecule has 0 radical (unpaired) electrons. The number of hydrogen-bond acceptors (Lipinski definition) is 3. The molecule has 3 rings (SSSR count). The summed E-state index contributed by atoms with van der Waals surface area (Å²) in [4.78, 5) is 20.5. The molecule has 1 amide bonds. The molecule has 7 heteroatoms. The molecule has 0 bridgehead atoms. The topological polar surface area (TPSA) is 54.9 Å². The van der Waals surface area contributed by atoms with Gasteiger partial charge >= 0.3 is 0 Å². The Bertz CT molecular complexity index is 883. The van der Waals surface area contributed by atoms with Crippen molar-refractivity contribution >= 4 is 57.3 Å². The van der Waals surface area contributed by atoms with Crippen LogP contribution in [0.15, 0.2) is 42.7 Å². The molecule has 1 N–H and O–H groups in total. The van der Waals surface area contributed by atoms with Gasteiger partial charge in [-0.3, -0.25) is 9.78 Å². The molecule has 0 unspecified atom stereocenters. The van der Waals surface area contributed by atoms with Gasteiger partial charge in [0, 0.05) is 17.8 Å². The van der Waals surface area contributed by atoms with E-state index in [-0.39, 0.29) is 10.7 Å². The third-order valence-electron chi connectivity index (χ3n) is 2.99. The molecule has 0 atom stereocenters. The SMILES string of the molecule is O=C(Nc1cccc2c(Cl)ccnc12)c1ncc(Cl)cc1Cl. The van der Waals surface area contributed by atoms with E-state index >= 15 is 0 Å². The van der Waals surface area contributed by atoms with Crippen molar-refractivity contribution in [2.75, 3.05) is 5.32 Å². The van der Waals surface area contributed by atoms with Gasteiger partial charge in [-0.2, -0.15) is 0 Å². The van der Waals surface area contributed by atoms with E-state index in [4.69, 9.17) is 34.8 Å². The number of benzene rings is 1. The molecule has 0 aliphatic heterocycles. The predicted molar refractivity (Wildman–Crippen MR) is 89.0 cm³/mol. The minimum atomic E-state index is -0.448. The Morgan fingerprint density at radius 3 is 2.64 bits per heavy atom. The minimum Gasteiger partial charge on any atom is -0.319 e. The first-order valence-corrected chi connectivity index (χ1v) is 7.35. The molecule has 1 aromatic carbocycles. The number of carbonyl (C=O) groups is 1. The highest BCUT2D eigenvalue weighted by Gasteiger charge is 2.15. The van der Waals surface area contributed by atoms with Crippen LogP contribution in [0.4, 0.5) is 5.69 Å². The van der Waals surface area contributed by atoms with Gasteiger partial charge in [0.2, 0.25) is 0 Å². The predicted octanol–water partition coefficient (Wildman–Crippen LogP) is 4.84. The van der Waals surface area contributed by atoms with Crippen LogP contribution in [0.2, 0.25) is 15.1 Å². The molecular weight excluding hydrogens is 345 g/mol. The van der Waals surface area contributed by atoms with Crippen LogP contribution < -0.4 is 5.32 Å². The van der Waals surface area contributed by atoms with Crippen molar-refractivity contribution in [2.45, 2.75) is 0 Å². The lowest BCUT2D eigenvalue weighted by Gasteiger charge is -2.09. The average molecular weight is 353 g/mol. The Morgan fingerprint density at radius 2 is 1.86 bits per heavy atom. The van der Waals surface area contributed by atoms with E-state index in [1.54, 1.807) is 24.4 Å². The number of nitrogens with zero attached hydrogens (tertiary/aromatic N) is 2. The van der Waals surface area contributed by atoms with Gasteiger partial charge in [-0.05, 0) is 18.2 Å². The third kappa shape index (κ3) is 2.86. The molecule has 2 aromatic heterocycles. The van der Waals surface area contributed by atoms with Crippen LogP contribution in [0.25, 0.3) is 10.9 Å². The molecule has 3 aromatic rings. The lowest BCUT2D eigenvalue weighted by molar-refractivity contribution is 0.102. The zero-order chi connectivity index (χ0) is 15.7. The van der Waals surface area contributed by atoms with E-state index in [1.165, 1.54) is 12.3 Å². The van der Waals surface area contributed by atoms with Crippen molar-refractivity contribution < 1.29 is 4.79 Å². The lowest BCUT2D eigenvalue weighted by Crippen LogP contribution is -2.14. The van der Waals surface area contributed by atoms with Crippen molar-refractivity contribution in [2.24, 2.45) is 0 Å². The van der Waals surface area contributed by atoms with E-state index < -0.39 is 5.91 Å². The second-order valence-electron chi connectivity index (χ2n) is 4.43. The standard InChI is InChI=1S/C15H8Cl3N3O/c16-8-6-11(18)14(20-7-8)15(22)21-12-3-1-2-9-10(17)4-5-19-13(9)12/h1-7H,(H,21,22). The van der Waals surface area contributed by atoms with E-state index in [1.807, 2.05) is 6.07 Å². The summed E-state index contributed by atoms with van der Waals surface area (Å²) in [7, 11) is 0. The summed E-state index contributed by atoms with van der Waals surface area (Å²) in [6, 6.07) is 8.49. The molecule has 4 nitrogen and oxygen atoms in total. The zero-order valence-corrected chi connectivity index (χ0v) is 13.2. The molecule has 0 saturated heterocycles. The summed E-state index contributed by atoms with van der Waals surface area (Å²) in [6.07, 6.45) is 2.94. The Kier molecular flexibility index (Phi) is 4.16. The van der Waals surface area contributed by atoms with E-state index in [0.717, 1.165) is 5.39 Å². The first-order chi connectivity index (χ1) is 10.6. The Hall–Kier alpha value is -1.88. The van der Waals surface area contributed by atoms with Gasteiger partial charge < -0.3 is 5.32 Å². The van der Waals surface area contributed by atoms with Crippen LogP contribution in [0.3, 0.4) is 0 Å². The number of aromatic nitrogens is 2. The average Bonchev–Trinajstić information content (AvgIpc) is 2.48. The number of hydrogen-bond donors (Lipinski definition) is 1. The van der Waals surface area contributed by atoms with E-state index in [9.17, 15) is 4.79 Å². The number of nitrogens with one attached hydrogen (secondary N) is 1. The maximum atomic E-state index is 12.3. The summed E-state index contributed by atoms with van der Waals surface area (Å²) < 4.78 is 0. The second kappa shape index (κ2) is 6.08. The van der Waals surface area contributed by atoms with Crippen molar-refractivity contribution in [1.29, 1.82) is 0 Å². The third-order valence-corrected chi connectivity index (χ3v) is 3.81. The Morgan fingerprint density at radius 1 is 1.05 bits per heavy atom. The largest absolute Gasteiger partial charge is 0.319 e. The Labute approximate surface area is 141 Å². The minimum absolute atomic E-state index is 0.0881. The van der Waals surface area contributed by atoms with Crippen molar-refractivity contribution in [1.82, 2.24) is 9.97 Å². The van der Waals surface area contributed by atoms with Crippen LogP contribution in [0.1, 0.15) is 10.5 Å². The quantitative estimate of drug-likeness (QED) is 0.718. The van der Waals surface area contributed by atoms with E-state index in [2.05, 4.69) is 15.3 Å². The van der Waals surface area contributed by atoms with Crippen LogP contribution >= 0.6 is 34.8 Å². The number of rotatable bonds is 2. The molecule has 0 aliphatic rings. The molecular formula is C15H8Cl3N3O. The fourth-order valence-electron chi connectivity index (χ4n) is 2.01. The van der Waals surface area contributed by atoms with Crippen LogP contribution in [0.5, 0.6) is 0 Å². The molecule has 0 saturated carbocycles. The van der Waals surface area contributed by atoms with Gasteiger partial charge in [0.05, 0.1) is 26.3 Å². The van der Waals surface area contributed by atoms with Crippen LogP contribution in [0, 0.1) is 0 Å². The van der Waals surface area contributed by atoms with Gasteiger partial charge in [-0.25, -0.2) is 4.98 Å². The van der Waals surface area contributed by atoms with Gasteiger partial charge in [0.1, 0.15) is 5.69 Å². The van der Waals surface area contributed by atoms with Crippen LogP contribution in [-0.2, 0) is 0 Å². The highest BCUT2D eigenvalue weighted by Crippen LogP contribution is 2.27. The summed E-state index contributed by atoms with van der Waals surface area (Å²) in [6.45, 7) is 0. The van der Waals surface area contributed by atoms with Gasteiger partial charge in [-0.1, -0.05) is 46.9 Å². The summed E-state index contributed by atoms with van der Waals surface area (Å²) in [5.74, 6) is -0.448. The number of anilines is 1. The highest BCUT2D eigenvalue weighted by molar-refractivity contribution is 6.37. The second-order valence-corrected chi connectivity index (χ2v) is 5.68. The molecule has 0 spiro atoms. The first kappa shape index (κ1) is 15.0. The van der Waals surface area contributed by atoms with Gasteiger partial charge in [-0.15, -0.1) is 0 Å². The molecule has 110 valence electrons. The van der Waals surface area contributed by atoms with Crippen molar-refractivity contribution in [3.05, 3.63) is 63.5 Å². The summed E-state index contributed by atoms with van der Waals surface area (Å²) >= 11 is 17.9. The maximum Gasteiger partial charge on any atom is 0.275 e. The van der Waals surface area contributed by atoms with Crippen molar-refractivity contribution in [3.8, 4) is 0 Å². The fraction of sp³-hybridized carbons (Fsp3) is 0. The molecule has 0 fully saturated rings. The van der Waals surface area contributed by atoms with Gasteiger partial charge in [0.25, 0.3) is 5.91 Å². The maximum absolute atomic E-state index is 12.3. The summed E-state index contributed by atoms with van der Waals surface area (Å²) in [5.41, 5.74) is 1.20. The molecule has 2 heterocycles. The first-order valence-electron chi connectivity index (χ1n) is 6.22. The van der Waals surface area contributed by atoms with Gasteiger partial charge in [0.15, 0.2) is 0 Å². The molecule has 0 aliphatic carbocycles. The number of amides is 1. The van der Waals surface area contributed by atoms with Crippen LogP contribution in [-0.4, -0.2) is 15.9 Å². The number of halogens is 3. The molecule has 22 heavy (non-hydrogen) atoms. The zero-order valence-electron chi connectivity index (χ0n) is 11.0. The monoisotopic (exact) mass is 351 g/mol. The van der Waals surface area contributed by atoms with E-state index in [0.29, 0.717) is 21.2 Å². The normalized spacial score (nSPS) is 10.7. The number of carbonyl (C=O) groups excluding carboxylic acids is 1.